The number of aromatic nitrogens is 4. The Hall–Kier alpha value is -1.29. The van der Waals surface area contributed by atoms with Gasteiger partial charge in [0.25, 0.3) is 0 Å². The van der Waals surface area contributed by atoms with Crippen LogP contribution in [0.4, 0.5) is 5.82 Å². The van der Waals surface area contributed by atoms with E-state index in [1.165, 1.54) is 29.6 Å². The van der Waals surface area contributed by atoms with Gasteiger partial charge in [0.15, 0.2) is 10.2 Å². The molecule has 2 aromatic rings. The zero-order chi connectivity index (χ0) is 12.8. The quantitative estimate of drug-likeness (QED) is 0.465. The molecule has 0 atom stereocenters. The van der Waals surface area contributed by atoms with Gasteiger partial charge in [0.2, 0.25) is 0 Å². The van der Waals surface area contributed by atoms with Crippen molar-refractivity contribution in [2.75, 3.05) is 12.0 Å². The summed E-state index contributed by atoms with van der Waals surface area (Å²) in [7, 11) is 0. The van der Waals surface area contributed by atoms with Crippen LogP contribution in [-0.2, 0) is 11.3 Å². The van der Waals surface area contributed by atoms with Crippen molar-refractivity contribution >= 4 is 29.1 Å². The van der Waals surface area contributed by atoms with Crippen molar-refractivity contribution < 1.29 is 4.74 Å². The zero-order valence-corrected chi connectivity index (χ0v) is 11.3. The Bertz CT molecular complexity index is 492. The second-order valence-electron chi connectivity index (χ2n) is 3.10. The largest absolute Gasteiger partial charge is 0.374 e. The highest BCUT2D eigenvalue weighted by molar-refractivity contribution is 8.00. The second-order valence-corrected chi connectivity index (χ2v) is 5.15. The van der Waals surface area contributed by atoms with E-state index in [1.54, 1.807) is 6.07 Å². The van der Waals surface area contributed by atoms with Crippen molar-refractivity contribution in [3.63, 3.8) is 0 Å². The van der Waals surface area contributed by atoms with Crippen molar-refractivity contribution in [3.05, 3.63) is 18.2 Å². The molecule has 9 heteroatoms. The summed E-state index contributed by atoms with van der Waals surface area (Å²) in [4.78, 5) is 12.7. The number of rotatable bonds is 6. The fourth-order valence-corrected chi connectivity index (χ4v) is 2.57. The fraction of sp³-hybridized carbons (Fsp3) is 0.333. The summed E-state index contributed by atoms with van der Waals surface area (Å²) in [6, 6.07) is 1.75. The molecule has 0 bridgehead atoms. The number of nitrogens with two attached hydrogens (primary N) is 1. The molecular formula is C9H12N6OS2. The van der Waals surface area contributed by atoms with Crippen molar-refractivity contribution in [2.24, 2.45) is 5.84 Å². The summed E-state index contributed by atoms with van der Waals surface area (Å²) < 4.78 is 10.0. The normalized spacial score (nSPS) is 10.6. The molecule has 0 aromatic carbocycles. The maximum absolute atomic E-state index is 5.37. The topological polar surface area (TPSA) is 98.8 Å². The highest BCUT2D eigenvalue weighted by atomic mass is 32.2. The van der Waals surface area contributed by atoms with Crippen LogP contribution in [0.3, 0.4) is 0 Å². The Morgan fingerprint density at radius 1 is 1.50 bits per heavy atom. The lowest BCUT2D eigenvalue weighted by Crippen LogP contribution is -2.11. The van der Waals surface area contributed by atoms with E-state index >= 15 is 0 Å². The van der Waals surface area contributed by atoms with Gasteiger partial charge in [-0.05, 0) is 30.2 Å². The smallest absolute Gasteiger partial charge is 0.175 e. The number of anilines is 1. The molecule has 2 aromatic heterocycles. The molecule has 96 valence electrons. The van der Waals surface area contributed by atoms with Crippen LogP contribution in [0.15, 0.2) is 21.8 Å². The summed E-state index contributed by atoms with van der Waals surface area (Å²) in [6.07, 6.45) is 1.51. The van der Waals surface area contributed by atoms with Crippen LogP contribution >= 0.6 is 23.3 Å². The molecule has 0 amide bonds. The molecule has 0 saturated carbocycles. The maximum atomic E-state index is 5.37. The summed E-state index contributed by atoms with van der Waals surface area (Å²) in [6.45, 7) is 2.89. The predicted octanol–water partition coefficient (Wildman–Crippen LogP) is 1.30. The third-order valence-corrected chi connectivity index (χ3v) is 3.50. The average molecular weight is 284 g/mol. The first-order chi connectivity index (χ1) is 8.81. The second kappa shape index (κ2) is 6.59. The van der Waals surface area contributed by atoms with Gasteiger partial charge < -0.3 is 10.2 Å². The van der Waals surface area contributed by atoms with Crippen LogP contribution in [0, 0.1) is 0 Å². The Kier molecular flexibility index (Phi) is 4.81. The van der Waals surface area contributed by atoms with E-state index in [2.05, 4.69) is 24.8 Å². The first kappa shape index (κ1) is 13.1. The summed E-state index contributed by atoms with van der Waals surface area (Å²) in [5.74, 6) is 6.50. The summed E-state index contributed by atoms with van der Waals surface area (Å²) in [5.41, 5.74) is 2.51. The van der Waals surface area contributed by atoms with Gasteiger partial charge in [-0.1, -0.05) is 0 Å². The highest BCUT2D eigenvalue weighted by Gasteiger charge is 2.07. The molecule has 0 unspecified atom stereocenters. The van der Waals surface area contributed by atoms with Gasteiger partial charge in [-0.15, -0.1) is 0 Å². The maximum Gasteiger partial charge on any atom is 0.175 e. The van der Waals surface area contributed by atoms with Crippen LogP contribution in [0.5, 0.6) is 0 Å². The van der Waals surface area contributed by atoms with Gasteiger partial charge in [-0.2, -0.15) is 4.37 Å². The van der Waals surface area contributed by atoms with Crippen molar-refractivity contribution in [3.8, 4) is 0 Å². The molecule has 0 aliphatic heterocycles. The zero-order valence-electron chi connectivity index (χ0n) is 9.66. The highest BCUT2D eigenvalue weighted by Crippen LogP contribution is 2.27. The minimum Gasteiger partial charge on any atom is -0.374 e. The van der Waals surface area contributed by atoms with E-state index in [4.69, 9.17) is 10.6 Å². The number of nitrogens with one attached hydrogen (secondary N) is 1. The molecule has 0 fully saturated rings. The van der Waals surface area contributed by atoms with Crippen LogP contribution in [0.1, 0.15) is 12.7 Å². The number of nitrogens with zero attached hydrogens (tertiary/aromatic N) is 4. The molecule has 0 aliphatic rings. The Labute approximate surface area is 112 Å². The SMILES string of the molecule is CCOCc1nc(NN)cc(Sc2ncns2)n1. The summed E-state index contributed by atoms with van der Waals surface area (Å²) in [5, 5.41) is 0.754. The van der Waals surface area contributed by atoms with Gasteiger partial charge >= 0.3 is 0 Å². The van der Waals surface area contributed by atoms with E-state index in [0.29, 0.717) is 24.9 Å². The number of hydrazine groups is 1. The Morgan fingerprint density at radius 3 is 3.06 bits per heavy atom. The van der Waals surface area contributed by atoms with E-state index in [9.17, 15) is 0 Å². The molecular weight excluding hydrogens is 272 g/mol. The summed E-state index contributed by atoms with van der Waals surface area (Å²) >= 11 is 2.73. The molecule has 0 radical (unpaired) electrons. The third-order valence-electron chi connectivity index (χ3n) is 1.87. The van der Waals surface area contributed by atoms with Gasteiger partial charge in [-0.25, -0.2) is 20.8 Å². The molecule has 0 saturated heterocycles. The fourth-order valence-electron chi connectivity index (χ4n) is 1.15. The monoisotopic (exact) mass is 284 g/mol. The van der Waals surface area contributed by atoms with Gasteiger partial charge in [0.05, 0.1) is 0 Å². The molecule has 3 N–H and O–H groups in total. The van der Waals surface area contributed by atoms with Crippen molar-refractivity contribution in [2.45, 2.75) is 22.9 Å². The molecule has 2 heterocycles. The van der Waals surface area contributed by atoms with E-state index in [1.807, 2.05) is 6.92 Å². The van der Waals surface area contributed by atoms with Crippen LogP contribution in [-0.4, -0.2) is 25.9 Å². The number of hydrogen-bond donors (Lipinski definition) is 2. The van der Waals surface area contributed by atoms with Crippen LogP contribution < -0.4 is 11.3 Å². The lowest BCUT2D eigenvalue weighted by Gasteiger charge is -2.06. The van der Waals surface area contributed by atoms with Crippen LogP contribution in [0.2, 0.25) is 0 Å². The Balaban J connectivity index is 2.17. The van der Waals surface area contributed by atoms with Crippen molar-refractivity contribution in [1.29, 1.82) is 0 Å². The predicted molar refractivity (Wildman–Crippen MR) is 69.2 cm³/mol. The first-order valence-electron chi connectivity index (χ1n) is 5.18. The standard InChI is InChI=1S/C9H12N6OS2/c1-2-16-4-7-13-6(15-10)3-8(14-7)17-9-11-5-12-18-9/h3,5H,2,4,10H2,1H3,(H,13,14,15). The van der Waals surface area contributed by atoms with E-state index in [-0.39, 0.29) is 0 Å². The van der Waals surface area contributed by atoms with Gasteiger partial charge in [-0.3, -0.25) is 0 Å². The minimum absolute atomic E-state index is 0.357. The number of hydrogen-bond acceptors (Lipinski definition) is 9. The molecule has 18 heavy (non-hydrogen) atoms. The Morgan fingerprint density at radius 2 is 2.39 bits per heavy atom. The third kappa shape index (κ3) is 3.60. The first-order valence-corrected chi connectivity index (χ1v) is 6.77. The average Bonchev–Trinajstić information content (AvgIpc) is 2.89. The lowest BCUT2D eigenvalue weighted by atomic mass is 10.5. The van der Waals surface area contributed by atoms with Gasteiger partial charge in [0.1, 0.15) is 23.8 Å². The van der Waals surface area contributed by atoms with Gasteiger partial charge in [0, 0.05) is 12.7 Å². The minimum atomic E-state index is 0.357. The van der Waals surface area contributed by atoms with E-state index < -0.39 is 0 Å². The molecule has 7 nitrogen and oxygen atoms in total. The van der Waals surface area contributed by atoms with Crippen molar-refractivity contribution in [1.82, 2.24) is 19.3 Å². The molecule has 2 rings (SSSR count). The lowest BCUT2D eigenvalue weighted by molar-refractivity contribution is 0.128. The molecule has 0 spiro atoms. The van der Waals surface area contributed by atoms with Crippen LogP contribution in [0.25, 0.3) is 0 Å². The van der Waals surface area contributed by atoms with E-state index in [0.717, 1.165) is 9.37 Å². The number of ether oxygens (including phenoxy) is 1. The number of nitrogen functional groups attached to an aromatic ring is 1. The molecule has 0 aliphatic carbocycles.